The molecule has 1 unspecified atom stereocenters. The van der Waals surface area contributed by atoms with Crippen LogP contribution < -0.4 is 10.1 Å². The van der Waals surface area contributed by atoms with Crippen molar-refractivity contribution in [3.05, 3.63) is 88.0 Å². The molecule has 6 heteroatoms. The Morgan fingerprint density at radius 3 is 2.63 bits per heavy atom. The second-order valence-corrected chi connectivity index (χ2v) is 7.00. The van der Waals surface area contributed by atoms with Crippen molar-refractivity contribution in [2.45, 2.75) is 19.4 Å². The van der Waals surface area contributed by atoms with Crippen molar-refractivity contribution in [1.29, 1.82) is 0 Å². The molecule has 0 aliphatic rings. The summed E-state index contributed by atoms with van der Waals surface area (Å²) < 4.78 is 25.1. The largest absolute Gasteiger partial charge is 0.484 e. The van der Waals surface area contributed by atoms with Crippen molar-refractivity contribution in [3.63, 3.8) is 0 Å². The Bertz CT molecular complexity index is 908. The topological polar surface area (TPSA) is 51.5 Å². The molecule has 1 amide bonds. The third kappa shape index (κ3) is 5.20. The third-order valence-electron chi connectivity index (χ3n) is 4.10. The van der Waals surface area contributed by atoms with Gasteiger partial charge in [-0.05, 0) is 63.8 Å². The van der Waals surface area contributed by atoms with Crippen molar-refractivity contribution in [2.75, 3.05) is 6.54 Å². The van der Waals surface area contributed by atoms with Crippen LogP contribution in [0.2, 0.25) is 0 Å². The Balaban J connectivity index is 1.52. The molecular formula is C21H19BrFNO3. The van der Waals surface area contributed by atoms with Crippen LogP contribution in [0.15, 0.2) is 69.6 Å². The van der Waals surface area contributed by atoms with E-state index < -0.39 is 0 Å². The number of nitrogens with one attached hydrogen (secondary N) is 1. The van der Waals surface area contributed by atoms with Gasteiger partial charge in [-0.2, -0.15) is 0 Å². The van der Waals surface area contributed by atoms with Gasteiger partial charge in [0.15, 0.2) is 5.76 Å². The molecule has 0 bridgehead atoms. The Hall–Kier alpha value is -2.60. The molecule has 0 radical (unpaired) electrons. The number of furan rings is 1. The van der Waals surface area contributed by atoms with Crippen LogP contribution in [0.4, 0.5) is 4.39 Å². The van der Waals surface area contributed by atoms with E-state index in [2.05, 4.69) is 21.2 Å². The minimum absolute atomic E-state index is 0.0581. The van der Waals surface area contributed by atoms with Gasteiger partial charge in [0.25, 0.3) is 5.91 Å². The fourth-order valence-corrected chi connectivity index (χ4v) is 2.93. The first-order valence-electron chi connectivity index (χ1n) is 8.52. The number of halogens is 2. The summed E-state index contributed by atoms with van der Waals surface area (Å²) in [6.45, 7) is 2.61. The Morgan fingerprint density at radius 1 is 1.15 bits per heavy atom. The minimum atomic E-state index is -0.295. The number of amides is 1. The molecule has 27 heavy (non-hydrogen) atoms. The molecule has 0 aliphatic carbocycles. The highest BCUT2D eigenvalue weighted by Crippen LogP contribution is 2.25. The average Bonchev–Trinajstić information content (AvgIpc) is 3.15. The number of carbonyl (C=O) groups is 1. The zero-order chi connectivity index (χ0) is 19.2. The number of para-hydroxylation sites is 1. The van der Waals surface area contributed by atoms with Crippen LogP contribution in [0.3, 0.4) is 0 Å². The number of benzene rings is 2. The summed E-state index contributed by atoms with van der Waals surface area (Å²) in [5.74, 6) is 0.976. The van der Waals surface area contributed by atoms with Crippen LogP contribution in [-0.2, 0) is 6.61 Å². The van der Waals surface area contributed by atoms with E-state index in [1.165, 1.54) is 12.1 Å². The molecule has 1 aromatic heterocycles. The standard InChI is InChI=1S/C21H19BrFNO3/c1-14(15-6-8-16(23)9-7-15)12-24-21(25)20-11-10-17(27-20)13-26-19-5-3-2-4-18(19)22/h2-11,14H,12-13H2,1H3,(H,24,25). The lowest BCUT2D eigenvalue weighted by Crippen LogP contribution is -2.27. The summed E-state index contributed by atoms with van der Waals surface area (Å²) in [5.41, 5.74) is 0.957. The van der Waals surface area contributed by atoms with Crippen LogP contribution in [-0.4, -0.2) is 12.5 Å². The summed E-state index contributed by atoms with van der Waals surface area (Å²) >= 11 is 3.41. The lowest BCUT2D eigenvalue weighted by molar-refractivity contribution is 0.0920. The quantitative estimate of drug-likeness (QED) is 0.552. The van der Waals surface area contributed by atoms with E-state index in [1.807, 2.05) is 31.2 Å². The maximum atomic E-state index is 13.0. The average molecular weight is 432 g/mol. The highest BCUT2D eigenvalue weighted by molar-refractivity contribution is 9.10. The molecule has 0 saturated carbocycles. The molecule has 1 heterocycles. The van der Waals surface area contributed by atoms with Crippen LogP contribution in [0.1, 0.15) is 34.7 Å². The second-order valence-electron chi connectivity index (χ2n) is 6.15. The zero-order valence-electron chi connectivity index (χ0n) is 14.7. The monoisotopic (exact) mass is 431 g/mol. The lowest BCUT2D eigenvalue weighted by Gasteiger charge is -2.12. The lowest BCUT2D eigenvalue weighted by atomic mass is 10.0. The van der Waals surface area contributed by atoms with Gasteiger partial charge >= 0.3 is 0 Å². The predicted octanol–water partition coefficient (Wildman–Crippen LogP) is 5.29. The Morgan fingerprint density at radius 2 is 1.89 bits per heavy atom. The highest BCUT2D eigenvalue weighted by Gasteiger charge is 2.14. The van der Waals surface area contributed by atoms with Gasteiger partial charge in [0.2, 0.25) is 0 Å². The van der Waals surface area contributed by atoms with E-state index in [-0.39, 0.29) is 30.0 Å². The van der Waals surface area contributed by atoms with Gasteiger partial charge in [-0.25, -0.2) is 4.39 Å². The summed E-state index contributed by atoms with van der Waals surface area (Å²) in [7, 11) is 0. The van der Waals surface area contributed by atoms with Gasteiger partial charge in [0, 0.05) is 6.54 Å². The Kier molecular flexibility index (Phi) is 6.29. The summed E-state index contributed by atoms with van der Waals surface area (Å²) in [6, 6.07) is 17.1. The van der Waals surface area contributed by atoms with Gasteiger partial charge in [0.05, 0.1) is 4.47 Å². The van der Waals surface area contributed by atoms with Gasteiger partial charge < -0.3 is 14.5 Å². The van der Waals surface area contributed by atoms with Crippen LogP contribution in [0.25, 0.3) is 0 Å². The van der Waals surface area contributed by atoms with Crippen molar-refractivity contribution in [2.24, 2.45) is 0 Å². The first kappa shape index (κ1) is 19.2. The molecule has 140 valence electrons. The fraction of sp³-hybridized carbons (Fsp3) is 0.190. The fourth-order valence-electron chi connectivity index (χ4n) is 2.53. The van der Waals surface area contributed by atoms with Crippen molar-refractivity contribution in [3.8, 4) is 5.75 Å². The van der Waals surface area contributed by atoms with Crippen molar-refractivity contribution < 1.29 is 18.3 Å². The predicted molar refractivity (Wildman–Crippen MR) is 104 cm³/mol. The first-order valence-corrected chi connectivity index (χ1v) is 9.32. The van der Waals surface area contributed by atoms with Crippen molar-refractivity contribution in [1.82, 2.24) is 5.32 Å². The number of ether oxygens (including phenoxy) is 1. The molecule has 3 rings (SSSR count). The summed E-state index contributed by atoms with van der Waals surface area (Å²) in [6.07, 6.45) is 0. The smallest absolute Gasteiger partial charge is 0.287 e. The third-order valence-corrected chi connectivity index (χ3v) is 4.75. The maximum Gasteiger partial charge on any atom is 0.287 e. The van der Waals surface area contributed by atoms with Gasteiger partial charge in [-0.15, -0.1) is 0 Å². The molecule has 1 atom stereocenters. The zero-order valence-corrected chi connectivity index (χ0v) is 16.3. The summed E-state index contributed by atoms with van der Waals surface area (Å²) in [5, 5.41) is 2.83. The molecule has 1 N–H and O–H groups in total. The van der Waals surface area contributed by atoms with E-state index in [0.717, 1.165) is 10.0 Å². The molecule has 4 nitrogen and oxygen atoms in total. The SMILES string of the molecule is CC(CNC(=O)c1ccc(COc2ccccc2Br)o1)c1ccc(F)cc1. The first-order chi connectivity index (χ1) is 13.0. The number of rotatable bonds is 7. The molecule has 3 aromatic rings. The number of hydrogen-bond acceptors (Lipinski definition) is 3. The van der Waals surface area contributed by atoms with E-state index >= 15 is 0 Å². The number of carbonyl (C=O) groups excluding carboxylic acids is 1. The molecule has 0 spiro atoms. The summed E-state index contributed by atoms with van der Waals surface area (Å²) in [4.78, 5) is 12.3. The normalized spacial score (nSPS) is 11.8. The highest BCUT2D eigenvalue weighted by atomic mass is 79.9. The molecule has 0 fully saturated rings. The van der Waals surface area contributed by atoms with Crippen LogP contribution >= 0.6 is 15.9 Å². The molecule has 2 aromatic carbocycles. The van der Waals surface area contributed by atoms with Gasteiger partial charge in [-0.3, -0.25) is 4.79 Å². The van der Waals surface area contributed by atoms with Crippen molar-refractivity contribution >= 4 is 21.8 Å². The molecule has 0 aliphatic heterocycles. The van der Waals surface area contributed by atoms with E-state index in [4.69, 9.17) is 9.15 Å². The minimum Gasteiger partial charge on any atom is -0.484 e. The van der Waals surface area contributed by atoms with Crippen LogP contribution in [0.5, 0.6) is 5.75 Å². The Labute approximate surface area is 165 Å². The van der Waals surface area contributed by atoms with Gasteiger partial charge in [-0.1, -0.05) is 31.2 Å². The molecular weight excluding hydrogens is 413 g/mol. The second kappa shape index (κ2) is 8.86. The van der Waals surface area contributed by atoms with E-state index in [1.54, 1.807) is 24.3 Å². The molecule has 0 saturated heterocycles. The van der Waals surface area contributed by atoms with E-state index in [0.29, 0.717) is 18.1 Å². The van der Waals surface area contributed by atoms with Crippen LogP contribution in [0, 0.1) is 5.82 Å². The van der Waals surface area contributed by atoms with Gasteiger partial charge in [0.1, 0.15) is 23.9 Å². The maximum absolute atomic E-state index is 13.0. The number of hydrogen-bond donors (Lipinski definition) is 1. The van der Waals surface area contributed by atoms with E-state index in [9.17, 15) is 9.18 Å².